The molecule has 3 rings (SSSR count). The molecule has 3 nitrogen and oxygen atoms in total. The van der Waals surface area contributed by atoms with Gasteiger partial charge in [0, 0.05) is 29.2 Å². The molecule has 0 aromatic heterocycles. The van der Waals surface area contributed by atoms with Crippen molar-refractivity contribution in [2.75, 3.05) is 11.4 Å². The lowest BCUT2D eigenvalue weighted by molar-refractivity contribution is -0.119. The fourth-order valence-electron chi connectivity index (χ4n) is 3.29. The monoisotopic (exact) mass is 310 g/mol. The van der Waals surface area contributed by atoms with Gasteiger partial charge in [0.15, 0.2) is 0 Å². The Bertz CT molecular complexity index is 478. The number of hydrogen-bond acceptors (Lipinski definition) is 2. The Kier molecular flexibility index (Phi) is 6.53. The van der Waals surface area contributed by atoms with Crippen LogP contribution in [-0.2, 0) is 4.79 Å². The summed E-state index contributed by atoms with van der Waals surface area (Å²) in [6, 6.07) is 8.24. The number of carbonyl (C=O) groups is 1. The van der Waals surface area contributed by atoms with Crippen LogP contribution in [0.15, 0.2) is 24.3 Å². The van der Waals surface area contributed by atoms with Crippen LogP contribution in [0.1, 0.15) is 34.6 Å². The number of primary amides is 1. The Morgan fingerprint density at radius 2 is 1.90 bits per heavy atom. The van der Waals surface area contributed by atoms with E-state index in [4.69, 9.17) is 17.3 Å². The van der Waals surface area contributed by atoms with Gasteiger partial charge >= 0.3 is 0 Å². The van der Waals surface area contributed by atoms with Gasteiger partial charge in [-0.1, -0.05) is 45.4 Å². The van der Waals surface area contributed by atoms with Crippen molar-refractivity contribution in [2.45, 2.75) is 40.7 Å². The molecule has 1 amide bonds. The van der Waals surface area contributed by atoms with E-state index in [-0.39, 0.29) is 11.8 Å². The van der Waals surface area contributed by atoms with Crippen molar-refractivity contribution in [3.05, 3.63) is 29.3 Å². The Balaban J connectivity index is 0.000000510. The van der Waals surface area contributed by atoms with E-state index in [1.807, 2.05) is 45.9 Å². The number of anilines is 1. The first-order valence-corrected chi connectivity index (χ1v) is 8.29. The lowest BCUT2D eigenvalue weighted by Crippen LogP contribution is -2.34. The van der Waals surface area contributed by atoms with Crippen LogP contribution in [0.2, 0.25) is 5.02 Å². The van der Waals surface area contributed by atoms with Gasteiger partial charge in [-0.15, -0.1) is 0 Å². The largest absolute Gasteiger partial charge is 0.369 e. The van der Waals surface area contributed by atoms with Gasteiger partial charge in [0.25, 0.3) is 0 Å². The first kappa shape index (κ1) is 17.8. The molecule has 1 heterocycles. The minimum atomic E-state index is -0.141. The summed E-state index contributed by atoms with van der Waals surface area (Å²) in [6.45, 7) is 11.1. The zero-order chi connectivity index (χ0) is 16.2. The van der Waals surface area contributed by atoms with Crippen LogP contribution in [0.3, 0.4) is 0 Å². The maximum atomic E-state index is 11.2. The molecule has 0 radical (unpaired) electrons. The molecule has 2 aliphatic rings. The maximum absolute atomic E-state index is 11.2. The van der Waals surface area contributed by atoms with Gasteiger partial charge in [0.05, 0.1) is 0 Å². The van der Waals surface area contributed by atoms with Crippen LogP contribution in [0.4, 0.5) is 5.69 Å². The second-order valence-corrected chi connectivity index (χ2v) is 5.48. The molecule has 1 aromatic rings. The summed E-state index contributed by atoms with van der Waals surface area (Å²) < 4.78 is 0. The van der Waals surface area contributed by atoms with E-state index in [0.29, 0.717) is 17.9 Å². The van der Waals surface area contributed by atoms with Crippen LogP contribution < -0.4 is 10.6 Å². The molecule has 2 N–H and O–H groups in total. The van der Waals surface area contributed by atoms with Gasteiger partial charge in [-0.05, 0) is 37.0 Å². The highest BCUT2D eigenvalue weighted by molar-refractivity contribution is 6.30. The van der Waals surface area contributed by atoms with Crippen molar-refractivity contribution in [3.63, 3.8) is 0 Å². The van der Waals surface area contributed by atoms with E-state index in [1.165, 1.54) is 0 Å². The average molecular weight is 311 g/mol. The summed E-state index contributed by atoms with van der Waals surface area (Å²) in [5.74, 6) is 0.839. The van der Waals surface area contributed by atoms with Crippen LogP contribution in [0.25, 0.3) is 0 Å². The van der Waals surface area contributed by atoms with Crippen LogP contribution in [0, 0.1) is 17.8 Å². The van der Waals surface area contributed by atoms with E-state index in [1.54, 1.807) is 0 Å². The summed E-state index contributed by atoms with van der Waals surface area (Å²) >= 11 is 6.00. The van der Waals surface area contributed by atoms with Gasteiger partial charge in [0.2, 0.25) is 5.91 Å². The van der Waals surface area contributed by atoms with Crippen molar-refractivity contribution < 1.29 is 4.79 Å². The molecule has 118 valence electrons. The standard InChI is InChI=1S/C13H15ClN2O.2C2H6/c1-7-11-10(12(11)13(15)17)6-16(7)9-4-2-3-8(14)5-9;2*1-2/h2-5,7,10-12H,6H2,1H3,(H2,15,17);2*1-2H3/t7?,10?,11?,12-;;/m1../s1. The third kappa shape index (κ3) is 3.52. The number of nitrogens with two attached hydrogens (primary N) is 1. The minimum Gasteiger partial charge on any atom is -0.369 e. The van der Waals surface area contributed by atoms with E-state index in [9.17, 15) is 4.79 Å². The van der Waals surface area contributed by atoms with Crippen molar-refractivity contribution in [2.24, 2.45) is 23.5 Å². The molecular weight excluding hydrogens is 284 g/mol. The molecule has 1 aliphatic heterocycles. The second kappa shape index (κ2) is 7.69. The van der Waals surface area contributed by atoms with Crippen molar-refractivity contribution in [3.8, 4) is 0 Å². The zero-order valence-electron chi connectivity index (χ0n) is 13.6. The molecule has 1 aliphatic carbocycles. The first-order valence-electron chi connectivity index (χ1n) is 7.91. The van der Waals surface area contributed by atoms with Crippen molar-refractivity contribution >= 4 is 23.2 Å². The van der Waals surface area contributed by atoms with Gasteiger partial charge in [-0.2, -0.15) is 0 Å². The number of nitrogens with zero attached hydrogens (tertiary/aromatic N) is 1. The first-order chi connectivity index (χ1) is 10.1. The maximum Gasteiger partial charge on any atom is 0.221 e. The third-order valence-electron chi connectivity index (χ3n) is 4.15. The number of carbonyl (C=O) groups excluding carboxylic acids is 1. The summed E-state index contributed by atoms with van der Waals surface area (Å²) in [4.78, 5) is 13.5. The second-order valence-electron chi connectivity index (χ2n) is 5.04. The highest BCUT2D eigenvalue weighted by Crippen LogP contribution is 2.55. The SMILES string of the molecule is CC.CC.CC1C2C(CN1c1cccc(Cl)c1)[C@H]2C(N)=O. The fourth-order valence-corrected chi connectivity index (χ4v) is 3.48. The van der Waals surface area contributed by atoms with E-state index in [0.717, 1.165) is 17.3 Å². The zero-order valence-corrected chi connectivity index (χ0v) is 14.4. The molecule has 0 spiro atoms. The Hall–Kier alpha value is -1.22. The molecule has 21 heavy (non-hydrogen) atoms. The predicted molar refractivity (Wildman–Crippen MR) is 90.6 cm³/mol. The lowest BCUT2D eigenvalue weighted by Gasteiger charge is -2.28. The summed E-state index contributed by atoms with van der Waals surface area (Å²) in [7, 11) is 0. The van der Waals surface area contributed by atoms with E-state index < -0.39 is 0 Å². The number of piperidine rings is 1. The number of amides is 1. The molecule has 0 bridgehead atoms. The van der Waals surface area contributed by atoms with E-state index >= 15 is 0 Å². The number of fused-ring (bicyclic) bond motifs is 1. The lowest BCUT2D eigenvalue weighted by atomic mass is 10.1. The number of halogens is 1. The Labute approximate surface area is 133 Å². The molecule has 4 atom stereocenters. The van der Waals surface area contributed by atoms with Crippen LogP contribution >= 0.6 is 11.6 Å². The Morgan fingerprint density at radius 3 is 2.33 bits per heavy atom. The van der Waals surface area contributed by atoms with Crippen molar-refractivity contribution in [1.82, 2.24) is 0 Å². The van der Waals surface area contributed by atoms with E-state index in [2.05, 4.69) is 17.9 Å². The molecule has 4 heteroatoms. The molecule has 2 fully saturated rings. The number of rotatable bonds is 2. The Morgan fingerprint density at radius 1 is 1.29 bits per heavy atom. The van der Waals surface area contributed by atoms with Crippen molar-refractivity contribution in [1.29, 1.82) is 0 Å². The topological polar surface area (TPSA) is 46.3 Å². The number of benzene rings is 1. The molecule has 1 saturated carbocycles. The summed E-state index contributed by atoms with van der Waals surface area (Å²) in [5, 5.41) is 0.752. The summed E-state index contributed by atoms with van der Waals surface area (Å²) in [6.07, 6.45) is 0. The quantitative estimate of drug-likeness (QED) is 0.899. The summed E-state index contributed by atoms with van der Waals surface area (Å²) in [5.41, 5.74) is 6.52. The van der Waals surface area contributed by atoms with Gasteiger partial charge in [-0.25, -0.2) is 0 Å². The highest BCUT2D eigenvalue weighted by Gasteiger charge is 2.62. The van der Waals surface area contributed by atoms with Crippen LogP contribution in [-0.4, -0.2) is 18.5 Å². The number of hydrogen-bond donors (Lipinski definition) is 1. The smallest absolute Gasteiger partial charge is 0.221 e. The van der Waals surface area contributed by atoms with Gasteiger partial charge < -0.3 is 10.6 Å². The third-order valence-corrected chi connectivity index (χ3v) is 4.39. The van der Waals surface area contributed by atoms with Gasteiger partial charge in [-0.3, -0.25) is 4.79 Å². The molecule has 3 unspecified atom stereocenters. The normalized spacial score (nSPS) is 28.6. The minimum absolute atomic E-state index is 0.0976. The molecular formula is C17H27ClN2O. The van der Waals surface area contributed by atoms with Gasteiger partial charge in [0.1, 0.15) is 0 Å². The molecule has 1 saturated heterocycles. The highest BCUT2D eigenvalue weighted by atomic mass is 35.5. The predicted octanol–water partition coefficient (Wildman–Crippen LogP) is 3.95. The average Bonchev–Trinajstić information content (AvgIpc) is 3.14. The fraction of sp³-hybridized carbons (Fsp3) is 0.588. The molecule has 1 aromatic carbocycles. The van der Waals surface area contributed by atoms with Crippen LogP contribution in [0.5, 0.6) is 0 Å².